The largest absolute Gasteiger partial charge is 0.301 e. The molecule has 0 aliphatic carbocycles. The molecule has 0 bridgehead atoms. The molecule has 4 heteroatoms. The van der Waals surface area contributed by atoms with Crippen LogP contribution in [-0.2, 0) is 6.54 Å². The van der Waals surface area contributed by atoms with Crippen LogP contribution in [0.15, 0.2) is 84.0 Å². The molecular formula is C20H15N3O. The topological polar surface area (TPSA) is 47.8 Å². The maximum atomic E-state index is 12.3. The summed E-state index contributed by atoms with van der Waals surface area (Å²) in [7, 11) is 0. The van der Waals surface area contributed by atoms with Gasteiger partial charge in [-0.2, -0.15) is 0 Å². The van der Waals surface area contributed by atoms with Crippen LogP contribution >= 0.6 is 0 Å². The molecule has 24 heavy (non-hydrogen) atoms. The predicted octanol–water partition coefficient (Wildman–Crippen LogP) is 3.51. The van der Waals surface area contributed by atoms with Crippen molar-refractivity contribution in [3.05, 3.63) is 95.2 Å². The van der Waals surface area contributed by atoms with Crippen molar-refractivity contribution in [1.29, 1.82) is 0 Å². The zero-order valence-electron chi connectivity index (χ0n) is 13.0. The fourth-order valence-electron chi connectivity index (χ4n) is 2.85. The lowest BCUT2D eigenvalue weighted by Crippen LogP contribution is -2.21. The average Bonchev–Trinajstić information content (AvgIpc) is 2.65. The summed E-state index contributed by atoms with van der Waals surface area (Å²) in [5.74, 6) is 0. The molecule has 0 atom stereocenters. The second-order valence-electron chi connectivity index (χ2n) is 5.61. The molecule has 4 rings (SSSR count). The molecule has 2 aromatic heterocycles. The van der Waals surface area contributed by atoms with Gasteiger partial charge in [0, 0.05) is 6.20 Å². The van der Waals surface area contributed by atoms with Crippen LogP contribution in [0.2, 0.25) is 0 Å². The van der Waals surface area contributed by atoms with Crippen molar-refractivity contribution in [3.8, 4) is 11.1 Å². The van der Waals surface area contributed by atoms with E-state index in [4.69, 9.17) is 0 Å². The van der Waals surface area contributed by atoms with Gasteiger partial charge >= 0.3 is 0 Å². The third-order valence-electron chi connectivity index (χ3n) is 4.02. The molecule has 116 valence electrons. The molecule has 0 N–H and O–H groups in total. The number of rotatable bonds is 3. The Balaban J connectivity index is 1.77. The highest BCUT2D eigenvalue weighted by Gasteiger charge is 2.06. The zero-order valence-corrected chi connectivity index (χ0v) is 13.0. The van der Waals surface area contributed by atoms with Crippen molar-refractivity contribution in [2.45, 2.75) is 6.54 Å². The van der Waals surface area contributed by atoms with Crippen molar-refractivity contribution in [2.75, 3.05) is 0 Å². The van der Waals surface area contributed by atoms with Crippen LogP contribution in [0.5, 0.6) is 0 Å². The molecule has 0 aliphatic rings. The summed E-state index contributed by atoms with van der Waals surface area (Å²) >= 11 is 0. The Morgan fingerprint density at radius 3 is 2.58 bits per heavy atom. The van der Waals surface area contributed by atoms with Gasteiger partial charge in [0.05, 0.1) is 24.5 Å². The Morgan fingerprint density at radius 1 is 0.875 bits per heavy atom. The standard InChI is InChI=1S/C20H15N3O/c24-20-13-22-18-12-21-10-9-19(18)23(20)14-15-5-4-8-17(11-15)16-6-2-1-3-7-16/h1-13H,14H2. The summed E-state index contributed by atoms with van der Waals surface area (Å²) in [6.45, 7) is 0.503. The van der Waals surface area contributed by atoms with Gasteiger partial charge < -0.3 is 4.57 Å². The second-order valence-corrected chi connectivity index (χ2v) is 5.61. The fourth-order valence-corrected chi connectivity index (χ4v) is 2.85. The van der Waals surface area contributed by atoms with Crippen molar-refractivity contribution < 1.29 is 0 Å². The Hall–Kier alpha value is -3.27. The van der Waals surface area contributed by atoms with Gasteiger partial charge in [-0.1, -0.05) is 48.5 Å². The quantitative estimate of drug-likeness (QED) is 0.581. The summed E-state index contributed by atoms with van der Waals surface area (Å²) in [5, 5.41) is 0. The predicted molar refractivity (Wildman–Crippen MR) is 94.8 cm³/mol. The highest BCUT2D eigenvalue weighted by molar-refractivity contribution is 5.73. The van der Waals surface area contributed by atoms with Gasteiger partial charge in [-0.05, 0) is 28.8 Å². The minimum atomic E-state index is -0.112. The lowest BCUT2D eigenvalue weighted by molar-refractivity contribution is 0.786. The highest BCUT2D eigenvalue weighted by Crippen LogP contribution is 2.20. The molecule has 4 nitrogen and oxygen atoms in total. The third-order valence-corrected chi connectivity index (χ3v) is 4.02. The molecular weight excluding hydrogens is 298 g/mol. The first-order valence-electron chi connectivity index (χ1n) is 7.75. The molecule has 0 saturated heterocycles. The summed E-state index contributed by atoms with van der Waals surface area (Å²) in [6.07, 6.45) is 4.71. The number of fused-ring (bicyclic) bond motifs is 1. The van der Waals surface area contributed by atoms with Crippen LogP contribution in [0, 0.1) is 0 Å². The van der Waals surface area contributed by atoms with Gasteiger partial charge in [0.1, 0.15) is 5.52 Å². The Morgan fingerprint density at radius 2 is 1.71 bits per heavy atom. The van der Waals surface area contributed by atoms with E-state index in [1.807, 2.05) is 36.4 Å². The summed E-state index contributed by atoms with van der Waals surface area (Å²) in [5.41, 5.74) is 4.78. The zero-order chi connectivity index (χ0) is 16.4. The average molecular weight is 313 g/mol. The lowest BCUT2D eigenvalue weighted by Gasteiger charge is -2.10. The van der Waals surface area contributed by atoms with Crippen molar-refractivity contribution >= 4 is 11.0 Å². The number of hydrogen-bond donors (Lipinski definition) is 0. The van der Waals surface area contributed by atoms with Crippen LogP contribution in [0.25, 0.3) is 22.2 Å². The molecule has 4 aromatic rings. The van der Waals surface area contributed by atoms with Gasteiger partial charge in [0.2, 0.25) is 0 Å². The molecule has 0 radical (unpaired) electrons. The molecule has 0 saturated carbocycles. The monoisotopic (exact) mass is 313 g/mol. The molecule has 2 aromatic carbocycles. The van der Waals surface area contributed by atoms with Crippen molar-refractivity contribution in [2.24, 2.45) is 0 Å². The Bertz CT molecular complexity index is 1050. The van der Waals surface area contributed by atoms with E-state index in [0.717, 1.165) is 27.7 Å². The number of hydrogen-bond acceptors (Lipinski definition) is 3. The Labute approximate surface area is 139 Å². The molecule has 0 aliphatic heterocycles. The van der Waals surface area contributed by atoms with E-state index in [0.29, 0.717) is 6.54 Å². The third kappa shape index (κ3) is 2.70. The van der Waals surface area contributed by atoms with Crippen LogP contribution in [0.1, 0.15) is 5.56 Å². The van der Waals surface area contributed by atoms with Crippen LogP contribution < -0.4 is 5.56 Å². The molecule has 0 spiro atoms. The van der Waals surface area contributed by atoms with E-state index in [2.05, 4.69) is 34.2 Å². The van der Waals surface area contributed by atoms with Crippen molar-refractivity contribution in [1.82, 2.24) is 14.5 Å². The van der Waals surface area contributed by atoms with Gasteiger partial charge in [-0.15, -0.1) is 0 Å². The second kappa shape index (κ2) is 6.08. The van der Waals surface area contributed by atoms with Crippen molar-refractivity contribution in [3.63, 3.8) is 0 Å². The normalized spacial score (nSPS) is 10.8. The van der Waals surface area contributed by atoms with E-state index < -0.39 is 0 Å². The van der Waals surface area contributed by atoms with Crippen LogP contribution in [-0.4, -0.2) is 14.5 Å². The maximum absolute atomic E-state index is 12.3. The highest BCUT2D eigenvalue weighted by atomic mass is 16.1. The van der Waals surface area contributed by atoms with E-state index >= 15 is 0 Å². The first-order valence-corrected chi connectivity index (χ1v) is 7.75. The number of pyridine rings is 1. The number of nitrogens with zero attached hydrogens (tertiary/aromatic N) is 3. The van der Waals surface area contributed by atoms with Gasteiger partial charge in [-0.3, -0.25) is 9.78 Å². The minimum absolute atomic E-state index is 0.112. The summed E-state index contributed by atoms with van der Waals surface area (Å²) in [4.78, 5) is 20.5. The van der Waals surface area contributed by atoms with Crippen LogP contribution in [0.4, 0.5) is 0 Å². The number of aromatic nitrogens is 3. The minimum Gasteiger partial charge on any atom is -0.301 e. The van der Waals surface area contributed by atoms with E-state index in [1.165, 1.54) is 6.20 Å². The molecule has 0 unspecified atom stereocenters. The lowest BCUT2D eigenvalue weighted by atomic mass is 10.0. The van der Waals surface area contributed by atoms with E-state index in [1.54, 1.807) is 17.0 Å². The molecule has 0 fully saturated rings. The van der Waals surface area contributed by atoms with Gasteiger partial charge in [0.25, 0.3) is 5.56 Å². The Kier molecular flexibility index (Phi) is 3.63. The SMILES string of the molecule is O=c1cnc2cnccc2n1Cc1cccc(-c2ccccc2)c1. The smallest absolute Gasteiger partial charge is 0.269 e. The summed E-state index contributed by atoms with van der Waals surface area (Å²) < 4.78 is 1.73. The first kappa shape index (κ1) is 14.3. The van der Waals surface area contributed by atoms with E-state index in [-0.39, 0.29) is 5.56 Å². The first-order chi connectivity index (χ1) is 11.8. The van der Waals surface area contributed by atoms with Crippen LogP contribution in [0.3, 0.4) is 0 Å². The van der Waals surface area contributed by atoms with Gasteiger partial charge in [-0.25, -0.2) is 4.98 Å². The number of benzene rings is 2. The fraction of sp³-hybridized carbons (Fsp3) is 0.0500. The maximum Gasteiger partial charge on any atom is 0.269 e. The molecule has 0 amide bonds. The van der Waals surface area contributed by atoms with Gasteiger partial charge in [0.15, 0.2) is 0 Å². The molecule has 2 heterocycles. The van der Waals surface area contributed by atoms with E-state index in [9.17, 15) is 4.79 Å². The summed E-state index contributed by atoms with van der Waals surface area (Å²) in [6, 6.07) is 20.3.